The second kappa shape index (κ2) is 5.23. The van der Waals surface area contributed by atoms with E-state index in [-0.39, 0.29) is 12.0 Å². The number of nitrogens with one attached hydrogen (secondary N) is 1. The topological polar surface area (TPSA) is 38.3 Å². The van der Waals surface area contributed by atoms with Crippen molar-refractivity contribution in [2.24, 2.45) is 0 Å². The molecule has 0 aromatic rings. The molecule has 1 N–H and O–H groups in total. The van der Waals surface area contributed by atoms with Gasteiger partial charge in [0.15, 0.2) is 0 Å². The first-order valence-corrected chi connectivity index (χ1v) is 3.44. The van der Waals surface area contributed by atoms with Crippen LogP contribution in [0, 0.1) is 0 Å². The lowest BCUT2D eigenvalue weighted by Gasteiger charge is -2.06. The van der Waals surface area contributed by atoms with Gasteiger partial charge in [-0.15, -0.1) is 0 Å². The monoisotopic (exact) mass is 145 g/mol. The molecular formula is C7H15NO2. The minimum Gasteiger partial charge on any atom is -0.382 e. The van der Waals surface area contributed by atoms with Crippen LogP contribution in [-0.4, -0.2) is 26.2 Å². The molecule has 0 heterocycles. The Bertz CT molecular complexity index is 104. The number of hydrogen-bond acceptors (Lipinski definition) is 2. The van der Waals surface area contributed by atoms with Crippen LogP contribution in [0.4, 0.5) is 0 Å². The van der Waals surface area contributed by atoms with Crippen molar-refractivity contribution in [2.75, 3.05) is 14.2 Å². The summed E-state index contributed by atoms with van der Waals surface area (Å²) < 4.78 is 4.97. The third-order valence-electron chi connectivity index (χ3n) is 1.46. The zero-order valence-electron chi connectivity index (χ0n) is 6.81. The second-order valence-electron chi connectivity index (χ2n) is 2.26. The van der Waals surface area contributed by atoms with Crippen LogP contribution in [0.15, 0.2) is 0 Å². The fraction of sp³-hybridized carbons (Fsp3) is 0.857. The van der Waals surface area contributed by atoms with E-state index >= 15 is 0 Å². The van der Waals surface area contributed by atoms with Gasteiger partial charge in [0.25, 0.3) is 0 Å². The van der Waals surface area contributed by atoms with Crippen LogP contribution in [0.25, 0.3) is 0 Å². The van der Waals surface area contributed by atoms with Crippen LogP contribution < -0.4 is 5.32 Å². The van der Waals surface area contributed by atoms with E-state index in [1.54, 1.807) is 14.2 Å². The maximum absolute atomic E-state index is 10.7. The van der Waals surface area contributed by atoms with E-state index in [4.69, 9.17) is 4.74 Å². The fourth-order valence-corrected chi connectivity index (χ4v) is 0.577. The van der Waals surface area contributed by atoms with Crippen molar-refractivity contribution in [2.45, 2.75) is 25.9 Å². The van der Waals surface area contributed by atoms with Gasteiger partial charge in [0.1, 0.15) is 0 Å². The van der Waals surface area contributed by atoms with Gasteiger partial charge in [-0.3, -0.25) is 4.79 Å². The molecule has 0 fully saturated rings. The number of rotatable bonds is 4. The summed E-state index contributed by atoms with van der Waals surface area (Å²) in [6.45, 7) is 1.95. The lowest BCUT2D eigenvalue weighted by atomic mass is 10.2. The molecule has 0 saturated heterocycles. The fourth-order valence-electron chi connectivity index (χ4n) is 0.577. The van der Waals surface area contributed by atoms with Crippen molar-refractivity contribution >= 4 is 5.91 Å². The molecule has 1 amide bonds. The van der Waals surface area contributed by atoms with Gasteiger partial charge in [-0.2, -0.15) is 0 Å². The summed E-state index contributed by atoms with van der Waals surface area (Å²) in [6, 6.07) is 0. The molecule has 0 aromatic heterocycles. The highest BCUT2D eigenvalue weighted by molar-refractivity contribution is 5.75. The van der Waals surface area contributed by atoms with Crippen molar-refractivity contribution in [3.05, 3.63) is 0 Å². The Hall–Kier alpha value is -0.570. The summed E-state index contributed by atoms with van der Waals surface area (Å²) in [4.78, 5) is 10.7. The first-order chi connectivity index (χ1) is 4.70. The molecule has 0 rings (SSSR count). The van der Waals surface area contributed by atoms with E-state index < -0.39 is 0 Å². The number of ether oxygens (including phenoxy) is 1. The number of carbonyl (C=O) groups is 1. The molecule has 0 saturated carbocycles. The molecule has 0 aliphatic rings. The van der Waals surface area contributed by atoms with Gasteiger partial charge >= 0.3 is 0 Å². The average molecular weight is 145 g/mol. The van der Waals surface area contributed by atoms with Gasteiger partial charge < -0.3 is 10.1 Å². The first-order valence-electron chi connectivity index (χ1n) is 3.44. The van der Waals surface area contributed by atoms with Crippen LogP contribution in [0.5, 0.6) is 0 Å². The van der Waals surface area contributed by atoms with Crippen LogP contribution >= 0.6 is 0 Å². The predicted octanol–water partition coefficient (Wildman–Crippen LogP) is 0.547. The Morgan fingerprint density at radius 3 is 2.70 bits per heavy atom. The molecule has 0 bridgehead atoms. The molecule has 10 heavy (non-hydrogen) atoms. The Morgan fingerprint density at radius 2 is 2.30 bits per heavy atom. The summed E-state index contributed by atoms with van der Waals surface area (Å²) >= 11 is 0. The van der Waals surface area contributed by atoms with Gasteiger partial charge in [-0.25, -0.2) is 0 Å². The second-order valence-corrected chi connectivity index (χ2v) is 2.26. The summed E-state index contributed by atoms with van der Waals surface area (Å²) in [5.41, 5.74) is 0. The minimum atomic E-state index is 0.0731. The molecule has 60 valence electrons. The van der Waals surface area contributed by atoms with Crippen molar-refractivity contribution in [1.82, 2.24) is 5.32 Å². The van der Waals surface area contributed by atoms with Crippen molar-refractivity contribution in [1.29, 1.82) is 0 Å². The Kier molecular flexibility index (Phi) is 4.94. The van der Waals surface area contributed by atoms with Gasteiger partial charge in [0, 0.05) is 20.6 Å². The lowest BCUT2D eigenvalue weighted by Crippen LogP contribution is -2.19. The van der Waals surface area contributed by atoms with E-state index in [0.717, 1.165) is 6.42 Å². The molecule has 0 radical (unpaired) electrons. The third kappa shape index (κ3) is 4.32. The van der Waals surface area contributed by atoms with E-state index in [1.165, 1.54) is 0 Å². The van der Waals surface area contributed by atoms with Crippen LogP contribution in [0.3, 0.4) is 0 Å². The van der Waals surface area contributed by atoms with Gasteiger partial charge in [-0.1, -0.05) is 0 Å². The molecule has 3 nitrogen and oxygen atoms in total. The summed E-state index contributed by atoms with van der Waals surface area (Å²) in [5, 5.41) is 2.55. The van der Waals surface area contributed by atoms with Crippen LogP contribution in [0.2, 0.25) is 0 Å². The largest absolute Gasteiger partial charge is 0.382 e. The smallest absolute Gasteiger partial charge is 0.219 e. The van der Waals surface area contributed by atoms with Crippen molar-refractivity contribution < 1.29 is 9.53 Å². The lowest BCUT2D eigenvalue weighted by molar-refractivity contribution is -0.121. The average Bonchev–Trinajstić information content (AvgIpc) is 1.99. The summed E-state index contributed by atoms with van der Waals surface area (Å²) in [6.07, 6.45) is 1.51. The molecule has 3 heteroatoms. The number of hydrogen-bond donors (Lipinski definition) is 1. The van der Waals surface area contributed by atoms with Gasteiger partial charge in [0.2, 0.25) is 5.91 Å². The van der Waals surface area contributed by atoms with Gasteiger partial charge in [-0.05, 0) is 13.3 Å². The van der Waals surface area contributed by atoms with Crippen LogP contribution in [-0.2, 0) is 9.53 Å². The Labute approximate surface area is 61.8 Å². The highest BCUT2D eigenvalue weighted by Gasteiger charge is 2.02. The maximum Gasteiger partial charge on any atom is 0.219 e. The normalized spacial score (nSPS) is 12.7. The molecule has 0 aliphatic heterocycles. The molecule has 0 spiro atoms. The molecule has 0 aliphatic carbocycles. The SMILES string of the molecule is CNC(=O)CCC(C)OC. The third-order valence-corrected chi connectivity index (χ3v) is 1.46. The highest BCUT2D eigenvalue weighted by atomic mass is 16.5. The van der Waals surface area contributed by atoms with Crippen molar-refractivity contribution in [3.63, 3.8) is 0 Å². The van der Waals surface area contributed by atoms with E-state index in [0.29, 0.717) is 6.42 Å². The summed E-state index contributed by atoms with van der Waals surface area (Å²) in [5.74, 6) is 0.0731. The number of carbonyl (C=O) groups excluding carboxylic acids is 1. The van der Waals surface area contributed by atoms with Crippen molar-refractivity contribution in [3.8, 4) is 0 Å². The Balaban J connectivity index is 3.26. The standard InChI is InChI=1S/C7H15NO2/c1-6(10-3)4-5-7(9)8-2/h6H,4-5H2,1-3H3,(H,8,9). The van der Waals surface area contributed by atoms with E-state index in [2.05, 4.69) is 5.32 Å². The first kappa shape index (κ1) is 9.43. The quantitative estimate of drug-likeness (QED) is 0.627. The van der Waals surface area contributed by atoms with Crippen LogP contribution in [0.1, 0.15) is 19.8 Å². The molecular weight excluding hydrogens is 130 g/mol. The number of methoxy groups -OCH3 is 1. The van der Waals surface area contributed by atoms with E-state index in [1.807, 2.05) is 6.92 Å². The zero-order chi connectivity index (χ0) is 7.98. The maximum atomic E-state index is 10.7. The predicted molar refractivity (Wildman–Crippen MR) is 39.8 cm³/mol. The Morgan fingerprint density at radius 1 is 1.70 bits per heavy atom. The molecule has 1 unspecified atom stereocenters. The zero-order valence-corrected chi connectivity index (χ0v) is 6.81. The van der Waals surface area contributed by atoms with Gasteiger partial charge in [0.05, 0.1) is 6.10 Å². The molecule has 0 aromatic carbocycles. The van der Waals surface area contributed by atoms with E-state index in [9.17, 15) is 4.79 Å². The minimum absolute atomic E-state index is 0.0731. The molecule has 1 atom stereocenters. The number of amides is 1. The summed E-state index contributed by atoms with van der Waals surface area (Å²) in [7, 11) is 3.29. The highest BCUT2D eigenvalue weighted by Crippen LogP contribution is 1.98.